The molecule has 0 unspecified atom stereocenters. The van der Waals surface area contributed by atoms with Gasteiger partial charge < -0.3 is 28.4 Å². The molecule has 0 saturated heterocycles. The van der Waals surface area contributed by atoms with Crippen LogP contribution in [-0.4, -0.2) is 23.9 Å². The summed E-state index contributed by atoms with van der Waals surface area (Å²) in [5.74, 6) is -5.35. The van der Waals surface area contributed by atoms with E-state index in [1.54, 1.807) is 146 Å². The summed E-state index contributed by atoms with van der Waals surface area (Å²) in [4.78, 5) is 130. The Balaban J connectivity index is 0.989. The summed E-state index contributed by atoms with van der Waals surface area (Å²) in [6.45, 7) is -1.45. The van der Waals surface area contributed by atoms with E-state index in [4.69, 9.17) is 28.4 Å². The minimum Gasteiger partial charge on any atom is -0.458 e. The number of nitrogens with zero attached hydrogens (tertiary/aromatic N) is 2. The number of rotatable bonds is 14. The monoisotopic (exact) mass is 1250 g/mol. The first kappa shape index (κ1) is 56.9. The Morgan fingerprint density at radius 1 is 0.348 bits per heavy atom. The summed E-state index contributed by atoms with van der Waals surface area (Å²) in [6, 6.07) is 61.4. The lowest BCUT2D eigenvalue weighted by atomic mass is 9.78. The predicted molar refractivity (Wildman–Crippen MR) is 346 cm³/mol. The smallest absolute Gasteiger partial charge is 0.367 e. The van der Waals surface area contributed by atoms with Crippen molar-refractivity contribution in [3.8, 4) is 32.4 Å². The maximum Gasteiger partial charge on any atom is 0.367 e. The van der Waals surface area contributed by atoms with Gasteiger partial charge in [-0.1, -0.05) is 170 Å². The SMILES string of the molecule is O=C(OCc1ccccc1)C1(C(=O)OCc2ccccc2)Oc2cc(N=c3c(=O)c4cc5ccccc5cc4c3=O)sc2-c2cc3c(cc21)-c1sc(N=c2c(=O)c4cc5ccccc5cc4c2=O)cc1OC3(C(=O)OCc1ccccc1)C(=O)OCc1ccccc1. The highest BCUT2D eigenvalue weighted by Gasteiger charge is 2.62. The van der Waals surface area contributed by atoms with Crippen molar-refractivity contribution in [3.63, 3.8) is 0 Å². The fourth-order valence-electron chi connectivity index (χ4n) is 11.8. The minimum atomic E-state index is -2.90. The van der Waals surface area contributed by atoms with Crippen LogP contribution in [0.1, 0.15) is 33.4 Å². The van der Waals surface area contributed by atoms with Gasteiger partial charge in [0.1, 0.15) is 47.9 Å². The van der Waals surface area contributed by atoms with Crippen LogP contribution < -0.4 is 41.9 Å². The number of ether oxygens (including phenoxy) is 6. The second kappa shape index (κ2) is 22.8. The molecule has 2 aliphatic rings. The topological polar surface area (TPSA) is 217 Å². The van der Waals surface area contributed by atoms with E-state index in [9.17, 15) is 19.2 Å². The normalized spacial score (nSPS) is 13.2. The van der Waals surface area contributed by atoms with E-state index in [-0.39, 0.29) is 101 Å². The molecule has 15 rings (SSSR count). The van der Waals surface area contributed by atoms with Crippen LogP contribution in [0.2, 0.25) is 0 Å². The number of esters is 4. The maximum absolute atomic E-state index is 15.7. The number of benzene rings is 9. The molecule has 4 heterocycles. The molecule has 92 heavy (non-hydrogen) atoms. The molecule has 18 heteroatoms. The van der Waals surface area contributed by atoms with Gasteiger partial charge in [0, 0.05) is 55.9 Å². The number of carbonyl (C=O) groups is 4. The van der Waals surface area contributed by atoms with Crippen LogP contribution in [0.5, 0.6) is 11.5 Å². The van der Waals surface area contributed by atoms with Gasteiger partial charge in [-0.3, -0.25) is 19.2 Å². The van der Waals surface area contributed by atoms with Gasteiger partial charge in [-0.2, -0.15) is 0 Å². The molecule has 0 fully saturated rings. The molecule has 0 radical (unpaired) electrons. The molecule has 0 atom stereocenters. The molecule has 0 bridgehead atoms. The number of fused-ring (bicyclic) bond motifs is 10. The number of hydrogen-bond donors (Lipinski definition) is 0. The van der Waals surface area contributed by atoms with Gasteiger partial charge in [-0.05, 0) is 80.2 Å². The van der Waals surface area contributed by atoms with Crippen LogP contribution in [0.15, 0.2) is 248 Å². The summed E-state index contributed by atoms with van der Waals surface area (Å²) in [5.41, 5.74) is -6.63. The average molecular weight is 1250 g/mol. The van der Waals surface area contributed by atoms with Crippen molar-refractivity contribution >= 4 is 99.6 Å². The van der Waals surface area contributed by atoms with Crippen LogP contribution in [0, 0.1) is 0 Å². The summed E-state index contributed by atoms with van der Waals surface area (Å²) < 4.78 is 38.2. The fourth-order valence-corrected chi connectivity index (χ4v) is 13.8. The van der Waals surface area contributed by atoms with Gasteiger partial charge in [0.15, 0.2) is 10.7 Å². The average Bonchev–Trinajstić information content (AvgIpc) is 1.69. The molecule has 16 nitrogen and oxygen atoms in total. The zero-order chi connectivity index (χ0) is 62.8. The third kappa shape index (κ3) is 9.67. The minimum absolute atomic E-state index is 0.0131. The molecular formula is C74H44N2O14S2. The van der Waals surface area contributed by atoms with E-state index in [1.165, 1.54) is 24.3 Å². The van der Waals surface area contributed by atoms with E-state index in [0.29, 0.717) is 22.3 Å². The Labute approximate surface area is 527 Å². The van der Waals surface area contributed by atoms with Crippen molar-refractivity contribution in [2.75, 3.05) is 0 Å². The second-order valence-electron chi connectivity index (χ2n) is 22.0. The molecule has 0 aliphatic carbocycles. The van der Waals surface area contributed by atoms with E-state index in [1.807, 2.05) is 48.5 Å². The number of carbonyl (C=O) groups excluding carboxylic acids is 4. The van der Waals surface area contributed by atoms with Gasteiger partial charge in [-0.15, -0.1) is 22.7 Å². The van der Waals surface area contributed by atoms with E-state index in [2.05, 4.69) is 9.98 Å². The van der Waals surface area contributed by atoms with Crippen molar-refractivity contribution in [2.45, 2.75) is 37.6 Å². The van der Waals surface area contributed by atoms with Crippen LogP contribution in [-0.2, 0) is 75.8 Å². The van der Waals surface area contributed by atoms with Crippen LogP contribution in [0.3, 0.4) is 0 Å². The van der Waals surface area contributed by atoms with Gasteiger partial charge in [0.05, 0.1) is 9.75 Å². The van der Waals surface area contributed by atoms with E-state index < -0.39 is 67.5 Å². The second-order valence-corrected chi connectivity index (χ2v) is 24.1. The predicted octanol–water partition coefficient (Wildman–Crippen LogP) is 11.6. The fraction of sp³-hybridized carbons (Fsp3) is 0.0811. The van der Waals surface area contributed by atoms with E-state index >= 15 is 19.2 Å². The summed E-state index contributed by atoms with van der Waals surface area (Å²) in [6.07, 6.45) is 0. The molecule has 13 aromatic rings. The van der Waals surface area contributed by atoms with Crippen LogP contribution >= 0.6 is 22.7 Å². The standard InChI is InChI=1S/C74H44N2O14S2/c77-63-49-29-45-25-13-14-26-46(45)30-50(49)64(78)61(63)75-59-35-57-67(91-59)53-34-56-54(33-55(53)73(89-57,69(81)85-37-41-17-5-1-6-18-41)70(82)86-38-42-19-7-2-8-20-42)68-58(36-60(92-68)76-62-65(79)51-31-47-27-15-16-28-48(47)32-52(51)66(62)80)90-74(56,71(83)87-39-43-21-9-3-10-22-43)72(84)88-40-44-23-11-4-12-24-44/h1-36H,37-40H2. The Hall–Kier alpha value is -11.6. The first-order chi connectivity index (χ1) is 44.8. The lowest BCUT2D eigenvalue weighted by molar-refractivity contribution is -0.185. The molecule has 446 valence electrons. The van der Waals surface area contributed by atoms with Crippen molar-refractivity contribution in [2.24, 2.45) is 9.98 Å². The third-order valence-corrected chi connectivity index (χ3v) is 18.4. The molecule has 0 saturated carbocycles. The molecular weight excluding hydrogens is 1200 g/mol. The van der Waals surface area contributed by atoms with Gasteiger partial charge in [0.2, 0.25) is 21.7 Å². The molecule has 2 aromatic heterocycles. The summed E-state index contributed by atoms with van der Waals surface area (Å²) >= 11 is 1.82. The van der Waals surface area contributed by atoms with Crippen LogP contribution in [0.25, 0.3) is 64.0 Å². The number of thiophene rings is 2. The van der Waals surface area contributed by atoms with Crippen LogP contribution in [0.4, 0.5) is 10.0 Å². The van der Waals surface area contributed by atoms with Crippen molar-refractivity contribution in [1.29, 1.82) is 0 Å². The lowest BCUT2D eigenvalue weighted by Gasteiger charge is -2.39. The molecule has 2 aliphatic heterocycles. The van der Waals surface area contributed by atoms with Crippen molar-refractivity contribution in [1.82, 2.24) is 0 Å². The highest BCUT2D eigenvalue weighted by molar-refractivity contribution is 7.20. The Kier molecular flexibility index (Phi) is 14.1. The first-order valence-corrected chi connectivity index (χ1v) is 30.6. The zero-order valence-electron chi connectivity index (χ0n) is 48.0. The quantitative estimate of drug-likeness (QED) is 0.0562. The highest BCUT2D eigenvalue weighted by Crippen LogP contribution is 2.59. The number of hydrogen-bond acceptors (Lipinski definition) is 18. The van der Waals surface area contributed by atoms with E-state index in [0.717, 1.165) is 44.2 Å². The lowest BCUT2D eigenvalue weighted by Crippen LogP contribution is -2.54. The summed E-state index contributed by atoms with van der Waals surface area (Å²) in [5, 5.41) is 2.75. The van der Waals surface area contributed by atoms with Crippen molar-refractivity contribution < 1.29 is 47.6 Å². The molecule has 0 N–H and O–H groups in total. The van der Waals surface area contributed by atoms with Gasteiger partial charge in [0.25, 0.3) is 0 Å². The van der Waals surface area contributed by atoms with Gasteiger partial charge in [-0.25, -0.2) is 29.2 Å². The Morgan fingerprint density at radius 3 is 0.880 bits per heavy atom. The maximum atomic E-state index is 15.7. The largest absolute Gasteiger partial charge is 0.458 e. The molecule has 11 aromatic carbocycles. The molecule has 0 amide bonds. The zero-order valence-corrected chi connectivity index (χ0v) is 49.7. The van der Waals surface area contributed by atoms with Gasteiger partial charge >= 0.3 is 35.1 Å². The van der Waals surface area contributed by atoms with Crippen molar-refractivity contribution in [3.05, 3.63) is 303 Å². The molecule has 0 spiro atoms. The third-order valence-electron chi connectivity index (χ3n) is 16.4. The highest BCUT2D eigenvalue weighted by atomic mass is 32.1. The first-order valence-electron chi connectivity index (χ1n) is 29.0. The Morgan fingerprint density at radius 2 is 0.609 bits per heavy atom. The summed E-state index contributed by atoms with van der Waals surface area (Å²) in [7, 11) is 0. The Bertz CT molecular complexity index is 4960.